The van der Waals surface area contributed by atoms with Gasteiger partial charge < -0.3 is 63.5 Å². The summed E-state index contributed by atoms with van der Waals surface area (Å²) >= 11 is 0. The lowest BCUT2D eigenvalue weighted by Gasteiger charge is -2.37. The van der Waals surface area contributed by atoms with Gasteiger partial charge in [-0.3, -0.25) is 14.5 Å². The molecule has 4 rings (SSSR count). The Hall–Kier alpha value is -2.30. The number of carbonyl (C=O) groups excluding carboxylic acids is 2. The van der Waals surface area contributed by atoms with Crippen molar-refractivity contribution in [3.05, 3.63) is 34.9 Å². The van der Waals surface area contributed by atoms with Gasteiger partial charge >= 0.3 is 5.97 Å². The summed E-state index contributed by atoms with van der Waals surface area (Å²) in [6.45, 7) is 38.9. The van der Waals surface area contributed by atoms with Gasteiger partial charge in [0.2, 0.25) is 10.0 Å². The van der Waals surface area contributed by atoms with Crippen LogP contribution in [0.15, 0.2) is 34.9 Å². The lowest BCUT2D eigenvalue weighted by atomic mass is 9.88. The van der Waals surface area contributed by atoms with Crippen molar-refractivity contribution in [2.75, 3.05) is 99.8 Å². The van der Waals surface area contributed by atoms with Crippen molar-refractivity contribution in [1.82, 2.24) is 24.3 Å². The van der Waals surface area contributed by atoms with Crippen LogP contribution < -0.4 is 4.72 Å². The van der Waals surface area contributed by atoms with Gasteiger partial charge in [0.25, 0.3) is 6.47 Å². The van der Waals surface area contributed by atoms with Crippen molar-refractivity contribution in [1.29, 1.82) is 0 Å². The van der Waals surface area contributed by atoms with Gasteiger partial charge in [-0.05, 0) is 96.6 Å². The van der Waals surface area contributed by atoms with Crippen molar-refractivity contribution >= 4 is 31.7 Å². The smallest absolute Gasteiger partial charge is 0.311 e. The number of esters is 1. The first-order valence-electron chi connectivity index (χ1n) is 30.5. The Labute approximate surface area is 497 Å². The summed E-state index contributed by atoms with van der Waals surface area (Å²) in [5.74, 6) is 0.283. The Bertz CT molecular complexity index is 1710. The molecule has 3 aliphatic heterocycles. The molecule has 1 aliphatic carbocycles. The molecule has 3 saturated heterocycles. The van der Waals surface area contributed by atoms with Gasteiger partial charge in [-0.25, -0.2) is 13.1 Å². The molecule has 484 valence electrons. The molecule has 81 heavy (non-hydrogen) atoms. The molecule has 4 aliphatic rings. The fourth-order valence-electron chi connectivity index (χ4n) is 9.35. The average molecular weight is 1200 g/mol. The molecule has 0 aromatic rings. The highest BCUT2D eigenvalue weighted by Crippen LogP contribution is 2.32. The Morgan fingerprint density at radius 1 is 0.889 bits per heavy atom. The third-order valence-electron chi connectivity index (χ3n) is 13.3. The number of aliphatic hydroxyl groups excluding tert-OH is 4. The zero-order valence-electron chi connectivity index (χ0n) is 54.8. The first-order valence-corrected chi connectivity index (χ1v) is 32.7. The predicted molar refractivity (Wildman–Crippen MR) is 335 cm³/mol. The van der Waals surface area contributed by atoms with Crippen LogP contribution in [0, 0.1) is 23.7 Å². The molecule has 13 atom stereocenters. The Balaban J connectivity index is -0.000000626. The number of morpholine rings is 1. The lowest BCUT2D eigenvalue weighted by molar-refractivity contribution is -0.237. The fourth-order valence-corrected chi connectivity index (χ4v) is 10.9. The molecule has 19 nitrogen and oxygen atoms in total. The second-order valence-corrected chi connectivity index (χ2v) is 22.7. The van der Waals surface area contributed by atoms with Gasteiger partial charge in [0.05, 0.1) is 62.6 Å². The number of hydrogen-bond acceptors (Lipinski definition) is 18. The number of allylic oxidation sites excluding steroid dienone is 4. The molecule has 0 spiro atoms. The molecule has 3 heterocycles. The third kappa shape index (κ3) is 38.4. The number of sulfonamides is 1. The highest BCUT2D eigenvalue weighted by atomic mass is 32.2. The van der Waals surface area contributed by atoms with Crippen molar-refractivity contribution in [3.63, 3.8) is 0 Å². The Morgan fingerprint density at radius 3 is 2.02 bits per heavy atom. The zero-order chi connectivity index (χ0) is 63.3. The summed E-state index contributed by atoms with van der Waals surface area (Å²) in [4.78, 5) is 32.0. The van der Waals surface area contributed by atoms with E-state index >= 15 is 0 Å². The highest BCUT2D eigenvalue weighted by molar-refractivity contribution is 7.89. The number of aliphatic hydroxyl groups is 4. The van der Waals surface area contributed by atoms with Crippen molar-refractivity contribution in [2.24, 2.45) is 23.7 Å². The summed E-state index contributed by atoms with van der Waals surface area (Å²) < 4.78 is 61.9. The molecule has 0 bridgehead atoms. The number of hydrogen-bond donors (Lipinski definition) is 5. The molecule has 0 aromatic carbocycles. The molecule has 0 saturated carbocycles. The lowest BCUT2D eigenvalue weighted by Crippen LogP contribution is -2.46. The summed E-state index contributed by atoms with van der Waals surface area (Å²) in [7, 11) is 5.87. The van der Waals surface area contributed by atoms with E-state index in [1.807, 2.05) is 119 Å². The van der Waals surface area contributed by atoms with E-state index in [-0.39, 0.29) is 68.2 Å². The minimum atomic E-state index is -3.61. The van der Waals surface area contributed by atoms with Crippen LogP contribution in [-0.4, -0.2) is 210 Å². The minimum absolute atomic E-state index is 0.00579. The third-order valence-corrected chi connectivity index (χ3v) is 15.1. The number of nitrogens with one attached hydrogen (secondary N) is 1. The first kappa shape index (κ1) is 85.1. The van der Waals surface area contributed by atoms with Gasteiger partial charge in [0, 0.05) is 83.6 Å². The van der Waals surface area contributed by atoms with E-state index in [4.69, 9.17) is 33.5 Å². The molecule has 0 radical (unpaired) electrons. The van der Waals surface area contributed by atoms with Gasteiger partial charge in [-0.1, -0.05) is 109 Å². The summed E-state index contributed by atoms with van der Waals surface area (Å²) in [6.07, 6.45) is 10.3. The zero-order valence-corrected chi connectivity index (χ0v) is 56.8. The Morgan fingerprint density at radius 2 is 1.48 bits per heavy atom. The predicted octanol–water partition coefficient (Wildman–Crippen LogP) is 8.62. The second-order valence-electron chi connectivity index (χ2n) is 20.1. The SMILES string of the molecule is CC.CC.CC.CC.CC.CC(O)COC(=O)C(C)[C@@H](O[C@H]1CC(C)CC(C)O1)[C@H](C)CCC[C@@H](C)CN(C)CO.CC1CC(N(C)CCS(=O)(=O)NCC(CN(C)C2=CC(N3CCOCC3)=C(P)C=CC2)OC=O)CC(O)O1.CO. The van der Waals surface area contributed by atoms with Crippen LogP contribution >= 0.6 is 9.24 Å². The molecule has 0 aromatic heterocycles. The van der Waals surface area contributed by atoms with Gasteiger partial charge in [0.1, 0.15) is 12.7 Å². The number of nitrogens with zero attached hydrogens (tertiary/aromatic N) is 4. The molecular weight excluding hydrogens is 1080 g/mol. The number of likely N-dealkylation sites (N-methyl/N-ethyl adjacent to an activating group) is 1. The summed E-state index contributed by atoms with van der Waals surface area (Å²) in [5.41, 5.74) is 2.15. The minimum Gasteiger partial charge on any atom is -0.463 e. The molecule has 5 N–H and O–H groups in total. The largest absolute Gasteiger partial charge is 0.463 e. The van der Waals surface area contributed by atoms with Crippen molar-refractivity contribution < 1.29 is 66.9 Å². The van der Waals surface area contributed by atoms with Crippen LogP contribution in [0.3, 0.4) is 0 Å². The van der Waals surface area contributed by atoms with Gasteiger partial charge in [-0.2, -0.15) is 0 Å². The molecular formula is C60H124N5O14PS. The van der Waals surface area contributed by atoms with Crippen LogP contribution in [0.1, 0.15) is 169 Å². The van der Waals surface area contributed by atoms with Crippen LogP contribution in [-0.2, 0) is 48.0 Å². The topological polar surface area (TPSA) is 230 Å². The van der Waals surface area contributed by atoms with E-state index in [9.17, 15) is 33.3 Å². The number of rotatable bonds is 27. The molecule has 9 unspecified atom stereocenters. The van der Waals surface area contributed by atoms with E-state index in [1.54, 1.807) is 6.92 Å². The fraction of sp³-hybridized carbons (Fsp3) is 0.867. The van der Waals surface area contributed by atoms with Crippen molar-refractivity contribution in [2.45, 2.75) is 218 Å². The van der Waals surface area contributed by atoms with E-state index in [2.05, 4.69) is 64.8 Å². The van der Waals surface area contributed by atoms with E-state index in [0.29, 0.717) is 57.5 Å². The van der Waals surface area contributed by atoms with Gasteiger partial charge in [0.15, 0.2) is 12.6 Å². The van der Waals surface area contributed by atoms with E-state index in [1.165, 1.54) is 0 Å². The number of ether oxygens (including phenoxy) is 6. The average Bonchev–Trinajstić information content (AvgIpc) is 3.67. The molecule has 3 fully saturated rings. The molecule has 21 heteroatoms. The Kier molecular flexibility index (Phi) is 54.7. The van der Waals surface area contributed by atoms with Crippen LogP contribution in [0.4, 0.5) is 0 Å². The highest BCUT2D eigenvalue weighted by Gasteiger charge is 2.36. The van der Waals surface area contributed by atoms with E-state index in [0.717, 1.165) is 82.0 Å². The van der Waals surface area contributed by atoms with Crippen LogP contribution in [0.5, 0.6) is 0 Å². The standard InChI is InChI=1S/C25H43N4O7PS.C24H47NO6.5C2H6.CH4O/c1-19-13-21(15-25(31)36-19)27(2)9-12-38(32,33)26-16-22(35-18-30)17-28(3)20-5-4-6-24(37)23(14-20)29-7-10-34-11-8-29;1-16(13-25(7)15-26)9-8-10-18(3)23(21(6)24(28)29-14-19(4)27)31-22-12-17(2)11-20(5)30-22;6*1-2/h4,6,14,18-19,21-22,25-26,31H,5,7-13,15-17,37H2,1-3H3;16-23,26-27H,8-15H2,1-7H3;5*1-2H3;2H,1H3/t;16-,17?,18-,19?,20?,21?,22+,23+;;;;;;/m.1....../s1. The summed E-state index contributed by atoms with van der Waals surface area (Å²) in [6, 6.07) is 0.0454. The monoisotopic (exact) mass is 1200 g/mol. The van der Waals surface area contributed by atoms with Gasteiger partial charge in [-0.15, -0.1) is 9.24 Å². The normalized spacial score (nSPS) is 22.8. The van der Waals surface area contributed by atoms with E-state index < -0.39 is 34.4 Å². The molecule has 0 amide bonds. The quantitative estimate of drug-likeness (QED) is 0.0224. The maximum Gasteiger partial charge on any atom is 0.311 e. The second kappa shape index (κ2) is 52.1. The number of carbonyl (C=O) groups is 2. The van der Waals surface area contributed by atoms with Crippen LogP contribution in [0.2, 0.25) is 0 Å². The first-order chi connectivity index (χ1) is 38.6. The van der Waals surface area contributed by atoms with Crippen LogP contribution in [0.25, 0.3) is 0 Å². The maximum absolute atomic E-state index is 12.7. The summed E-state index contributed by atoms with van der Waals surface area (Å²) in [5, 5.41) is 36.6. The van der Waals surface area contributed by atoms with Crippen molar-refractivity contribution in [3.8, 4) is 0 Å². The maximum atomic E-state index is 12.7.